The van der Waals surface area contributed by atoms with Crippen LogP contribution in [-0.4, -0.2) is 76.0 Å². The topological polar surface area (TPSA) is 165 Å². The second kappa shape index (κ2) is 10.2. The van der Waals surface area contributed by atoms with Crippen molar-refractivity contribution in [3.8, 4) is 5.75 Å². The summed E-state index contributed by atoms with van der Waals surface area (Å²) in [6.07, 6.45) is 2.02. The zero-order valence-corrected chi connectivity index (χ0v) is 25.5. The number of carbonyl (C=O) groups excluding carboxylic acids is 2. The lowest BCUT2D eigenvalue weighted by Crippen LogP contribution is -2.66. The average Bonchev–Trinajstić information content (AvgIpc) is 3.49. The summed E-state index contributed by atoms with van der Waals surface area (Å²) in [5.74, 6) is -2.37. The van der Waals surface area contributed by atoms with E-state index in [1.807, 2.05) is 32.9 Å². The molecule has 224 valence electrons. The fraction of sp³-hybridized carbons (Fsp3) is 0.429. The average molecular weight is 618 g/mol. The number of hydrogen-bond donors (Lipinski definition) is 2. The van der Waals surface area contributed by atoms with Gasteiger partial charge in [-0.3, -0.25) is 9.20 Å². The summed E-state index contributed by atoms with van der Waals surface area (Å²) < 4.78 is 37.0. The molecule has 0 spiro atoms. The maximum Gasteiger partial charge on any atom is 0.513 e. The monoisotopic (exact) mass is 617 g/mol. The number of hydrogen-bond acceptors (Lipinski definition) is 10. The maximum absolute atomic E-state index is 13.1. The maximum atomic E-state index is 13.1. The number of aliphatic carboxylic acids is 1. The fourth-order valence-corrected chi connectivity index (χ4v) is 8.66. The van der Waals surface area contributed by atoms with Crippen molar-refractivity contribution < 1.29 is 42.5 Å². The van der Waals surface area contributed by atoms with Crippen LogP contribution < -0.4 is 4.74 Å². The number of ether oxygens (including phenoxy) is 2. The van der Waals surface area contributed by atoms with Gasteiger partial charge in [-0.05, 0) is 45.2 Å². The van der Waals surface area contributed by atoms with Crippen LogP contribution in [0.3, 0.4) is 0 Å². The van der Waals surface area contributed by atoms with Gasteiger partial charge in [0.15, 0.2) is 14.9 Å². The molecule has 4 heterocycles. The second-order valence-electron chi connectivity index (χ2n) is 11.2. The zero-order chi connectivity index (χ0) is 30.9. The number of fused-ring (bicyclic) bond motifs is 2. The molecule has 12 nitrogen and oxygen atoms in total. The molecule has 1 amide bonds. The van der Waals surface area contributed by atoms with Crippen LogP contribution >= 0.6 is 11.3 Å². The molecule has 0 radical (unpaired) electrons. The summed E-state index contributed by atoms with van der Waals surface area (Å²) >= 11 is 1.03. The predicted molar refractivity (Wildman–Crippen MR) is 152 cm³/mol. The van der Waals surface area contributed by atoms with Gasteiger partial charge in [0.25, 0.3) is 0 Å². The third-order valence-corrected chi connectivity index (χ3v) is 10.2. The van der Waals surface area contributed by atoms with E-state index in [4.69, 9.17) is 9.47 Å². The number of carboxylic acids is 1. The molecule has 1 aromatic carbocycles. The van der Waals surface area contributed by atoms with E-state index in [0.717, 1.165) is 34.3 Å². The molecule has 1 saturated heterocycles. The van der Waals surface area contributed by atoms with E-state index in [2.05, 4.69) is 4.98 Å². The van der Waals surface area contributed by atoms with E-state index in [1.54, 1.807) is 13.1 Å². The normalized spacial score (nSPS) is 22.7. The Morgan fingerprint density at radius 1 is 1.21 bits per heavy atom. The van der Waals surface area contributed by atoms with Gasteiger partial charge in [0.05, 0.1) is 29.5 Å². The van der Waals surface area contributed by atoms with E-state index >= 15 is 0 Å². The summed E-state index contributed by atoms with van der Waals surface area (Å²) in [6.45, 7) is 8.62. The summed E-state index contributed by atoms with van der Waals surface area (Å²) in [7, 11) is -3.67. The number of benzene rings is 1. The summed E-state index contributed by atoms with van der Waals surface area (Å²) in [6, 6.07) is 3.03. The van der Waals surface area contributed by atoms with Crippen molar-refractivity contribution in [3.63, 3.8) is 0 Å². The first kappa shape index (κ1) is 29.7. The highest BCUT2D eigenvalue weighted by atomic mass is 32.2. The Labute approximate surface area is 246 Å². The minimum Gasteiger partial charge on any atom is -0.477 e. The van der Waals surface area contributed by atoms with Gasteiger partial charge in [-0.15, -0.1) is 11.3 Å². The van der Waals surface area contributed by atoms with Crippen molar-refractivity contribution >= 4 is 49.6 Å². The summed E-state index contributed by atoms with van der Waals surface area (Å²) in [5.41, 5.74) is 1.49. The second-order valence-corrected chi connectivity index (χ2v) is 14.1. The number of amides is 1. The molecule has 0 saturated carbocycles. The standard InChI is InChI=1S/C28H31N3O9S2/c1-13-9-14(2)21(15(3)10-13)40-27(36)39-8-7-28(5)19(17-11-30-12-29-23(25(30)41-17)42(6,37)38)20(26(34)35)31-22(28)18(16(4)32)24(31)33/h9-12,16,18,22,32H,7-8H2,1-6H3,(H,34,35)/t16?,18-,22-,28+/m1/s1. The smallest absolute Gasteiger partial charge is 0.477 e. The van der Waals surface area contributed by atoms with Crippen LogP contribution in [0.1, 0.15) is 41.8 Å². The molecule has 2 N–H and O–H groups in total. The number of nitrogens with zero attached hydrogens (tertiary/aromatic N) is 3. The molecule has 1 unspecified atom stereocenters. The van der Waals surface area contributed by atoms with Crippen molar-refractivity contribution in [1.82, 2.24) is 14.3 Å². The SMILES string of the molecule is Cc1cc(C)c(OC(=O)OCC[C@@]2(C)C(c3cn4cnc(S(C)(=O)=O)c4s3)=C(C(=O)O)N3C(=O)[C@H](C(C)O)[C@@H]32)c(C)c1. The number of thiazole rings is 1. The van der Waals surface area contributed by atoms with E-state index in [0.29, 0.717) is 15.5 Å². The fourth-order valence-electron chi connectivity index (χ4n) is 6.27. The van der Waals surface area contributed by atoms with Gasteiger partial charge in [0.2, 0.25) is 5.91 Å². The van der Waals surface area contributed by atoms with Gasteiger partial charge in [-0.2, -0.15) is 0 Å². The molecule has 2 aliphatic rings. The van der Waals surface area contributed by atoms with Crippen LogP contribution in [0.4, 0.5) is 4.79 Å². The van der Waals surface area contributed by atoms with Crippen LogP contribution in [0.25, 0.3) is 10.4 Å². The van der Waals surface area contributed by atoms with E-state index in [9.17, 15) is 33.0 Å². The quantitative estimate of drug-likeness (QED) is 0.218. The molecule has 1 fully saturated rings. The molecule has 4 atom stereocenters. The lowest BCUT2D eigenvalue weighted by molar-refractivity contribution is -0.167. The number of β-lactam (4-membered cyclic amide) rings is 1. The molecule has 2 aliphatic heterocycles. The first-order valence-electron chi connectivity index (χ1n) is 13.1. The Morgan fingerprint density at radius 3 is 2.43 bits per heavy atom. The summed E-state index contributed by atoms with van der Waals surface area (Å²) in [5, 5.41) is 20.6. The van der Waals surface area contributed by atoms with Gasteiger partial charge < -0.3 is 24.6 Å². The van der Waals surface area contributed by atoms with Crippen LogP contribution in [0.15, 0.2) is 35.4 Å². The molecule has 0 aliphatic carbocycles. The van der Waals surface area contributed by atoms with E-state index in [1.165, 1.54) is 22.6 Å². The highest BCUT2D eigenvalue weighted by Crippen LogP contribution is 2.60. The van der Waals surface area contributed by atoms with Gasteiger partial charge in [0.1, 0.15) is 22.6 Å². The van der Waals surface area contributed by atoms with Crippen molar-refractivity contribution in [2.24, 2.45) is 11.3 Å². The number of aryl methyl sites for hydroxylation is 3. The van der Waals surface area contributed by atoms with Crippen LogP contribution in [0.2, 0.25) is 0 Å². The first-order chi connectivity index (χ1) is 19.6. The third-order valence-electron chi connectivity index (χ3n) is 7.97. The van der Waals surface area contributed by atoms with Crippen LogP contribution in [-0.2, 0) is 24.2 Å². The van der Waals surface area contributed by atoms with Crippen molar-refractivity contribution in [3.05, 3.63) is 51.9 Å². The molecular formula is C28H31N3O9S2. The highest BCUT2D eigenvalue weighted by Gasteiger charge is 2.66. The Morgan fingerprint density at radius 2 is 1.86 bits per heavy atom. The first-order valence-corrected chi connectivity index (χ1v) is 15.9. The Balaban J connectivity index is 1.51. The Kier molecular flexibility index (Phi) is 7.23. The highest BCUT2D eigenvalue weighted by molar-refractivity contribution is 7.91. The molecule has 14 heteroatoms. The molecular weight excluding hydrogens is 586 g/mol. The number of carbonyl (C=O) groups is 3. The number of rotatable bonds is 8. The Bertz CT molecular complexity index is 1760. The number of aromatic nitrogens is 2. The summed E-state index contributed by atoms with van der Waals surface area (Å²) in [4.78, 5) is 44.3. The van der Waals surface area contributed by atoms with Crippen molar-refractivity contribution in [2.75, 3.05) is 12.9 Å². The number of carboxylic acid groups (broad SMARTS) is 1. The number of sulfone groups is 1. The van der Waals surface area contributed by atoms with Crippen LogP contribution in [0.5, 0.6) is 5.75 Å². The lowest BCUT2D eigenvalue weighted by Gasteiger charge is -2.50. The van der Waals surface area contributed by atoms with Gasteiger partial charge in [0, 0.05) is 23.4 Å². The molecule has 2 aromatic heterocycles. The zero-order valence-electron chi connectivity index (χ0n) is 23.9. The molecule has 5 rings (SSSR count). The number of imidazole rings is 1. The lowest BCUT2D eigenvalue weighted by atomic mass is 9.66. The molecule has 0 bridgehead atoms. The van der Waals surface area contributed by atoms with Gasteiger partial charge in [-0.1, -0.05) is 24.6 Å². The number of aliphatic hydroxyl groups excluding tert-OH is 1. The third kappa shape index (κ3) is 4.67. The number of aliphatic hydroxyl groups is 1. The molecule has 3 aromatic rings. The largest absolute Gasteiger partial charge is 0.513 e. The van der Waals surface area contributed by atoms with E-state index < -0.39 is 51.3 Å². The predicted octanol–water partition coefficient (Wildman–Crippen LogP) is 3.35. The minimum absolute atomic E-state index is 0.0850. The molecule has 42 heavy (non-hydrogen) atoms. The van der Waals surface area contributed by atoms with Crippen LogP contribution in [0, 0.1) is 32.1 Å². The van der Waals surface area contributed by atoms with Gasteiger partial charge >= 0.3 is 12.1 Å². The Hall–Kier alpha value is -3.75. The van der Waals surface area contributed by atoms with Gasteiger partial charge in [-0.25, -0.2) is 23.0 Å². The van der Waals surface area contributed by atoms with E-state index in [-0.39, 0.29) is 29.3 Å². The van der Waals surface area contributed by atoms with Crippen molar-refractivity contribution in [1.29, 1.82) is 0 Å². The minimum atomic E-state index is -3.67. The van der Waals surface area contributed by atoms with Crippen molar-refractivity contribution in [2.45, 2.75) is 58.2 Å².